The van der Waals surface area contributed by atoms with E-state index in [1.807, 2.05) is 6.07 Å². The van der Waals surface area contributed by atoms with Gasteiger partial charge in [-0.3, -0.25) is 0 Å². The molecule has 0 bridgehead atoms. The number of nitriles is 1. The Morgan fingerprint density at radius 2 is 2.33 bits per heavy atom. The molecule has 1 aromatic rings. The zero-order chi connectivity index (χ0) is 11.4. The Labute approximate surface area is 101 Å². The molecule has 0 aromatic heterocycles. The lowest BCUT2D eigenvalue weighted by atomic mass is 10.1. The molecule has 0 N–H and O–H groups in total. The van der Waals surface area contributed by atoms with Gasteiger partial charge in [0.25, 0.3) is 0 Å². The average molecular weight is 289 g/mol. The monoisotopic (exact) mass is 287 g/mol. The highest BCUT2D eigenvalue weighted by atomic mass is 79.9. The Balaban J connectivity index is 3.23. The normalized spacial score (nSPS) is 9.47. The van der Waals surface area contributed by atoms with Crippen LogP contribution in [0, 0.1) is 11.3 Å². The molecule has 15 heavy (non-hydrogen) atoms. The van der Waals surface area contributed by atoms with Gasteiger partial charge in [-0.2, -0.15) is 5.26 Å². The molecular formula is C10H7BrClNO2. The van der Waals surface area contributed by atoms with E-state index in [0.717, 1.165) is 0 Å². The van der Waals surface area contributed by atoms with Gasteiger partial charge in [-0.15, -0.1) is 0 Å². The van der Waals surface area contributed by atoms with Crippen molar-refractivity contribution in [3.63, 3.8) is 0 Å². The summed E-state index contributed by atoms with van der Waals surface area (Å²) in [6.45, 7) is 1.98. The number of carbonyl (C=O) groups is 1. The van der Waals surface area contributed by atoms with Gasteiger partial charge in [0.2, 0.25) is 0 Å². The third-order valence-electron chi connectivity index (χ3n) is 1.70. The minimum atomic E-state index is -0.522. The predicted molar refractivity (Wildman–Crippen MR) is 59.8 cm³/mol. The lowest BCUT2D eigenvalue weighted by Gasteiger charge is -2.05. The summed E-state index contributed by atoms with van der Waals surface area (Å²) in [5.41, 5.74) is 0.445. The van der Waals surface area contributed by atoms with Crippen LogP contribution in [-0.4, -0.2) is 12.6 Å². The summed E-state index contributed by atoms with van der Waals surface area (Å²) in [5.74, 6) is -0.522. The highest BCUT2D eigenvalue weighted by Gasteiger charge is 2.16. The molecule has 5 heteroatoms. The number of nitrogens with zero attached hydrogens (tertiary/aromatic N) is 1. The van der Waals surface area contributed by atoms with Crippen LogP contribution >= 0.6 is 27.5 Å². The largest absolute Gasteiger partial charge is 0.462 e. The van der Waals surface area contributed by atoms with Gasteiger partial charge in [0.05, 0.1) is 22.8 Å². The molecule has 0 saturated carbocycles. The van der Waals surface area contributed by atoms with Crippen LogP contribution in [0.1, 0.15) is 22.8 Å². The number of ether oxygens (including phenoxy) is 1. The van der Waals surface area contributed by atoms with Gasteiger partial charge in [-0.25, -0.2) is 4.79 Å². The maximum absolute atomic E-state index is 11.4. The van der Waals surface area contributed by atoms with E-state index in [0.29, 0.717) is 4.47 Å². The van der Waals surface area contributed by atoms with Crippen LogP contribution in [0.5, 0.6) is 0 Å². The number of benzene rings is 1. The van der Waals surface area contributed by atoms with E-state index in [2.05, 4.69) is 15.9 Å². The summed E-state index contributed by atoms with van der Waals surface area (Å²) in [6.07, 6.45) is 0. The van der Waals surface area contributed by atoms with Crippen molar-refractivity contribution in [1.29, 1.82) is 5.26 Å². The Bertz CT molecular complexity index is 440. The molecule has 1 rings (SSSR count). The first-order valence-electron chi connectivity index (χ1n) is 4.17. The van der Waals surface area contributed by atoms with Gasteiger partial charge in [-0.1, -0.05) is 11.6 Å². The third kappa shape index (κ3) is 2.49. The van der Waals surface area contributed by atoms with Crippen LogP contribution < -0.4 is 0 Å². The molecule has 0 aliphatic heterocycles. The average Bonchev–Trinajstić information content (AvgIpc) is 2.18. The van der Waals surface area contributed by atoms with Crippen molar-refractivity contribution in [3.8, 4) is 6.07 Å². The SMILES string of the molecule is CCOC(=O)c1ccc(Br)c(C#N)c1Cl. The van der Waals surface area contributed by atoms with Gasteiger partial charge in [0.1, 0.15) is 6.07 Å². The van der Waals surface area contributed by atoms with E-state index >= 15 is 0 Å². The third-order valence-corrected chi connectivity index (χ3v) is 2.75. The fourth-order valence-electron chi connectivity index (χ4n) is 1.02. The second-order valence-corrected chi connectivity index (χ2v) is 3.85. The van der Waals surface area contributed by atoms with E-state index in [1.165, 1.54) is 6.07 Å². The minimum absolute atomic E-state index is 0.116. The first kappa shape index (κ1) is 12.0. The van der Waals surface area contributed by atoms with Crippen LogP contribution in [0.4, 0.5) is 0 Å². The number of halogens is 2. The van der Waals surface area contributed by atoms with Crippen LogP contribution in [0.2, 0.25) is 5.02 Å². The zero-order valence-corrected chi connectivity index (χ0v) is 10.2. The van der Waals surface area contributed by atoms with Gasteiger partial charge in [0, 0.05) is 4.47 Å². The zero-order valence-electron chi connectivity index (χ0n) is 7.88. The van der Waals surface area contributed by atoms with Gasteiger partial charge in [-0.05, 0) is 35.0 Å². The van der Waals surface area contributed by atoms with Crippen LogP contribution in [-0.2, 0) is 4.74 Å². The van der Waals surface area contributed by atoms with Gasteiger partial charge in [0.15, 0.2) is 0 Å². The molecule has 3 nitrogen and oxygen atoms in total. The molecule has 0 atom stereocenters. The maximum atomic E-state index is 11.4. The first-order chi connectivity index (χ1) is 7.11. The number of rotatable bonds is 2. The van der Waals surface area contributed by atoms with Gasteiger partial charge >= 0.3 is 5.97 Å². The molecule has 0 aliphatic rings. The Morgan fingerprint density at radius 3 is 2.87 bits per heavy atom. The molecular weight excluding hydrogens is 281 g/mol. The summed E-state index contributed by atoms with van der Waals surface area (Å²) in [4.78, 5) is 11.4. The van der Waals surface area contributed by atoms with E-state index in [4.69, 9.17) is 21.6 Å². The van der Waals surface area contributed by atoms with E-state index < -0.39 is 5.97 Å². The molecule has 78 valence electrons. The molecule has 0 amide bonds. The van der Waals surface area contributed by atoms with E-state index in [1.54, 1.807) is 13.0 Å². The van der Waals surface area contributed by atoms with Crippen molar-refractivity contribution < 1.29 is 9.53 Å². The summed E-state index contributed by atoms with van der Waals surface area (Å²) < 4.78 is 5.36. The maximum Gasteiger partial charge on any atom is 0.339 e. The topological polar surface area (TPSA) is 50.1 Å². The van der Waals surface area contributed by atoms with Crippen LogP contribution in [0.15, 0.2) is 16.6 Å². The standard InChI is InChI=1S/C10H7BrClNO2/c1-2-15-10(14)6-3-4-8(11)7(5-13)9(6)12/h3-4H,2H2,1H3. The summed E-state index contributed by atoms with van der Waals surface area (Å²) in [7, 11) is 0. The lowest BCUT2D eigenvalue weighted by molar-refractivity contribution is 0.0526. The number of hydrogen-bond acceptors (Lipinski definition) is 3. The van der Waals surface area contributed by atoms with Crippen molar-refractivity contribution in [3.05, 3.63) is 32.8 Å². The Morgan fingerprint density at radius 1 is 1.67 bits per heavy atom. The molecule has 0 saturated heterocycles. The predicted octanol–water partition coefficient (Wildman–Crippen LogP) is 3.15. The fourth-order valence-corrected chi connectivity index (χ4v) is 1.84. The highest BCUT2D eigenvalue weighted by molar-refractivity contribution is 9.10. The van der Waals surface area contributed by atoms with Crippen LogP contribution in [0.3, 0.4) is 0 Å². The summed E-state index contributed by atoms with van der Waals surface area (Å²) in [6, 6.07) is 5.03. The number of carbonyl (C=O) groups excluding carboxylic acids is 1. The van der Waals surface area contributed by atoms with Crippen molar-refractivity contribution in [1.82, 2.24) is 0 Å². The highest BCUT2D eigenvalue weighted by Crippen LogP contribution is 2.28. The second kappa shape index (κ2) is 5.15. The molecule has 0 spiro atoms. The lowest BCUT2D eigenvalue weighted by Crippen LogP contribution is -2.06. The number of esters is 1. The van der Waals surface area contributed by atoms with Crippen molar-refractivity contribution in [2.45, 2.75) is 6.92 Å². The van der Waals surface area contributed by atoms with Gasteiger partial charge < -0.3 is 4.74 Å². The van der Waals surface area contributed by atoms with E-state index in [9.17, 15) is 4.79 Å². The fraction of sp³-hybridized carbons (Fsp3) is 0.200. The summed E-state index contributed by atoms with van der Waals surface area (Å²) in [5, 5.41) is 8.93. The Kier molecular flexibility index (Phi) is 4.13. The molecule has 0 unspecified atom stereocenters. The molecule has 0 heterocycles. The minimum Gasteiger partial charge on any atom is -0.462 e. The molecule has 0 radical (unpaired) electrons. The smallest absolute Gasteiger partial charge is 0.339 e. The second-order valence-electron chi connectivity index (χ2n) is 2.62. The number of hydrogen-bond donors (Lipinski definition) is 0. The van der Waals surface area contributed by atoms with E-state index in [-0.39, 0.29) is 22.8 Å². The van der Waals surface area contributed by atoms with Crippen LogP contribution in [0.25, 0.3) is 0 Å². The van der Waals surface area contributed by atoms with Crippen molar-refractivity contribution in [2.24, 2.45) is 0 Å². The van der Waals surface area contributed by atoms with Crippen molar-refractivity contribution >= 4 is 33.5 Å². The van der Waals surface area contributed by atoms with Crippen molar-refractivity contribution in [2.75, 3.05) is 6.61 Å². The molecule has 0 fully saturated rings. The molecule has 1 aromatic carbocycles. The Hall–Kier alpha value is -1.05. The quantitative estimate of drug-likeness (QED) is 0.786. The summed E-state index contributed by atoms with van der Waals surface area (Å²) >= 11 is 9.06. The molecule has 0 aliphatic carbocycles. The first-order valence-corrected chi connectivity index (χ1v) is 5.34.